The van der Waals surface area contributed by atoms with E-state index in [-0.39, 0.29) is 0 Å². The number of benzene rings is 1. The van der Waals surface area contributed by atoms with Crippen LogP contribution in [0.3, 0.4) is 0 Å². The summed E-state index contributed by atoms with van der Waals surface area (Å²) in [6, 6.07) is 9.97. The standard InChI is InChI=1S/C16H21ClN2O/c1-3-18-11-13-7-8-14(17)10-16(13)19(4-2)12-15-6-5-9-20-15/h5-10,18H,3-4,11-12H2,1-2H3. The second-order valence-electron chi connectivity index (χ2n) is 4.65. The summed E-state index contributed by atoms with van der Waals surface area (Å²) < 4.78 is 5.45. The molecule has 0 saturated carbocycles. The van der Waals surface area contributed by atoms with Crippen molar-refractivity contribution >= 4 is 17.3 Å². The molecule has 4 heteroatoms. The zero-order valence-corrected chi connectivity index (χ0v) is 12.8. The molecule has 0 radical (unpaired) electrons. The fraction of sp³-hybridized carbons (Fsp3) is 0.375. The maximum atomic E-state index is 6.16. The fourth-order valence-corrected chi connectivity index (χ4v) is 2.36. The molecule has 2 rings (SSSR count). The Hall–Kier alpha value is -1.45. The first kappa shape index (κ1) is 14.9. The van der Waals surface area contributed by atoms with Crippen molar-refractivity contribution in [3.8, 4) is 0 Å². The number of hydrogen-bond donors (Lipinski definition) is 1. The first-order valence-electron chi connectivity index (χ1n) is 7.01. The molecule has 0 saturated heterocycles. The summed E-state index contributed by atoms with van der Waals surface area (Å²) in [6.45, 7) is 7.70. The summed E-state index contributed by atoms with van der Waals surface area (Å²) in [5, 5.41) is 4.13. The topological polar surface area (TPSA) is 28.4 Å². The van der Waals surface area contributed by atoms with Crippen molar-refractivity contribution in [3.05, 3.63) is 52.9 Å². The van der Waals surface area contributed by atoms with E-state index in [0.29, 0.717) is 0 Å². The Bertz CT molecular complexity index is 525. The highest BCUT2D eigenvalue weighted by molar-refractivity contribution is 6.30. The maximum absolute atomic E-state index is 6.16. The first-order valence-corrected chi connectivity index (χ1v) is 7.38. The van der Waals surface area contributed by atoms with Crippen LogP contribution in [0, 0.1) is 0 Å². The number of nitrogens with one attached hydrogen (secondary N) is 1. The van der Waals surface area contributed by atoms with E-state index in [9.17, 15) is 0 Å². The minimum absolute atomic E-state index is 0.753. The monoisotopic (exact) mass is 292 g/mol. The van der Waals surface area contributed by atoms with Crippen LogP contribution in [0.5, 0.6) is 0 Å². The van der Waals surface area contributed by atoms with Gasteiger partial charge in [-0.3, -0.25) is 0 Å². The lowest BCUT2D eigenvalue weighted by Gasteiger charge is -2.25. The Balaban J connectivity index is 2.24. The molecule has 0 fully saturated rings. The number of furan rings is 1. The third-order valence-corrected chi connectivity index (χ3v) is 3.50. The molecular weight excluding hydrogens is 272 g/mol. The van der Waals surface area contributed by atoms with E-state index in [1.807, 2.05) is 24.3 Å². The quantitative estimate of drug-likeness (QED) is 0.834. The zero-order chi connectivity index (χ0) is 14.4. The van der Waals surface area contributed by atoms with E-state index in [1.54, 1.807) is 6.26 Å². The predicted molar refractivity (Wildman–Crippen MR) is 84.3 cm³/mol. The summed E-state index contributed by atoms with van der Waals surface area (Å²) in [5.41, 5.74) is 2.42. The second-order valence-corrected chi connectivity index (χ2v) is 5.08. The average molecular weight is 293 g/mol. The van der Waals surface area contributed by atoms with Crippen molar-refractivity contribution in [1.82, 2.24) is 5.32 Å². The maximum Gasteiger partial charge on any atom is 0.123 e. The second kappa shape index (κ2) is 7.36. The van der Waals surface area contributed by atoms with Gasteiger partial charge in [0.1, 0.15) is 5.76 Å². The number of nitrogens with zero attached hydrogens (tertiary/aromatic N) is 1. The average Bonchev–Trinajstić information content (AvgIpc) is 2.96. The van der Waals surface area contributed by atoms with Crippen molar-refractivity contribution in [1.29, 1.82) is 0 Å². The SMILES string of the molecule is CCNCc1ccc(Cl)cc1N(CC)Cc1ccco1. The minimum atomic E-state index is 0.753. The minimum Gasteiger partial charge on any atom is -0.467 e. The Morgan fingerprint density at radius 1 is 1.25 bits per heavy atom. The molecule has 1 aromatic heterocycles. The van der Waals surface area contributed by atoms with Crippen LogP contribution in [-0.2, 0) is 13.1 Å². The lowest BCUT2D eigenvalue weighted by atomic mass is 10.1. The number of hydrogen-bond acceptors (Lipinski definition) is 3. The number of anilines is 1. The Morgan fingerprint density at radius 3 is 2.75 bits per heavy atom. The highest BCUT2D eigenvalue weighted by atomic mass is 35.5. The van der Waals surface area contributed by atoms with Crippen LogP contribution >= 0.6 is 11.6 Å². The molecule has 0 aliphatic carbocycles. The molecule has 0 atom stereocenters. The molecule has 1 heterocycles. The van der Waals surface area contributed by atoms with Gasteiger partial charge in [-0.1, -0.05) is 24.6 Å². The van der Waals surface area contributed by atoms with Crippen LogP contribution in [0.1, 0.15) is 25.2 Å². The van der Waals surface area contributed by atoms with Gasteiger partial charge in [-0.2, -0.15) is 0 Å². The molecule has 0 aliphatic rings. The van der Waals surface area contributed by atoms with E-state index >= 15 is 0 Å². The van der Waals surface area contributed by atoms with Gasteiger partial charge >= 0.3 is 0 Å². The van der Waals surface area contributed by atoms with Crippen LogP contribution in [0.2, 0.25) is 5.02 Å². The highest BCUT2D eigenvalue weighted by Crippen LogP contribution is 2.26. The predicted octanol–water partition coefficient (Wildman–Crippen LogP) is 4.07. The number of halogens is 1. The third-order valence-electron chi connectivity index (χ3n) is 3.26. The Morgan fingerprint density at radius 2 is 2.10 bits per heavy atom. The van der Waals surface area contributed by atoms with Gasteiger partial charge in [0.25, 0.3) is 0 Å². The number of rotatable bonds is 7. The van der Waals surface area contributed by atoms with Crippen LogP contribution < -0.4 is 10.2 Å². The molecule has 0 unspecified atom stereocenters. The largest absolute Gasteiger partial charge is 0.467 e. The first-order chi connectivity index (χ1) is 9.74. The van der Waals surface area contributed by atoms with E-state index in [4.69, 9.17) is 16.0 Å². The van der Waals surface area contributed by atoms with Crippen molar-refractivity contribution in [3.63, 3.8) is 0 Å². The molecule has 20 heavy (non-hydrogen) atoms. The van der Waals surface area contributed by atoms with Crippen molar-refractivity contribution in [2.45, 2.75) is 26.9 Å². The van der Waals surface area contributed by atoms with Crippen molar-refractivity contribution in [2.24, 2.45) is 0 Å². The van der Waals surface area contributed by atoms with Crippen molar-refractivity contribution < 1.29 is 4.42 Å². The summed E-state index contributed by atoms with van der Waals surface area (Å²) >= 11 is 6.16. The molecule has 1 aromatic carbocycles. The van der Waals surface area contributed by atoms with Gasteiger partial charge in [-0.15, -0.1) is 0 Å². The molecular formula is C16H21ClN2O. The lowest BCUT2D eigenvalue weighted by molar-refractivity contribution is 0.503. The van der Waals surface area contributed by atoms with Gasteiger partial charge in [0.05, 0.1) is 12.8 Å². The van der Waals surface area contributed by atoms with E-state index < -0.39 is 0 Å². The van der Waals surface area contributed by atoms with Gasteiger partial charge in [0.2, 0.25) is 0 Å². The highest BCUT2D eigenvalue weighted by Gasteiger charge is 2.12. The van der Waals surface area contributed by atoms with Crippen LogP contribution in [0.15, 0.2) is 41.0 Å². The van der Waals surface area contributed by atoms with Crippen LogP contribution in [0.4, 0.5) is 5.69 Å². The molecule has 0 aliphatic heterocycles. The van der Waals surface area contributed by atoms with Gasteiger partial charge in [-0.25, -0.2) is 0 Å². The van der Waals surface area contributed by atoms with Gasteiger partial charge in [0.15, 0.2) is 0 Å². The van der Waals surface area contributed by atoms with Crippen LogP contribution in [0.25, 0.3) is 0 Å². The van der Waals surface area contributed by atoms with Gasteiger partial charge < -0.3 is 14.6 Å². The normalized spacial score (nSPS) is 10.8. The van der Waals surface area contributed by atoms with Crippen molar-refractivity contribution in [2.75, 3.05) is 18.0 Å². The van der Waals surface area contributed by atoms with Gasteiger partial charge in [0, 0.05) is 23.8 Å². The molecule has 1 N–H and O–H groups in total. The zero-order valence-electron chi connectivity index (χ0n) is 12.0. The molecule has 0 amide bonds. The Labute approximate surface area is 125 Å². The Kier molecular flexibility index (Phi) is 5.50. The lowest BCUT2D eigenvalue weighted by Crippen LogP contribution is -2.24. The summed E-state index contributed by atoms with van der Waals surface area (Å²) in [5.74, 6) is 0.959. The van der Waals surface area contributed by atoms with E-state index in [2.05, 4.69) is 30.1 Å². The smallest absolute Gasteiger partial charge is 0.123 e. The van der Waals surface area contributed by atoms with E-state index in [0.717, 1.165) is 42.6 Å². The fourth-order valence-electron chi connectivity index (χ4n) is 2.20. The summed E-state index contributed by atoms with van der Waals surface area (Å²) in [6.07, 6.45) is 1.71. The summed E-state index contributed by atoms with van der Waals surface area (Å²) in [7, 11) is 0. The van der Waals surface area contributed by atoms with Gasteiger partial charge in [-0.05, 0) is 43.3 Å². The summed E-state index contributed by atoms with van der Waals surface area (Å²) in [4.78, 5) is 2.28. The molecule has 0 bridgehead atoms. The molecule has 3 nitrogen and oxygen atoms in total. The molecule has 2 aromatic rings. The molecule has 108 valence electrons. The third kappa shape index (κ3) is 3.78. The molecule has 0 spiro atoms. The van der Waals surface area contributed by atoms with Crippen LogP contribution in [-0.4, -0.2) is 13.1 Å². The van der Waals surface area contributed by atoms with E-state index in [1.165, 1.54) is 5.56 Å².